The van der Waals surface area contributed by atoms with Gasteiger partial charge in [-0.1, -0.05) is 12.8 Å². The molecule has 154 valence electrons. The van der Waals surface area contributed by atoms with E-state index in [4.69, 9.17) is 16.7 Å². The molecule has 0 aliphatic rings. The molecule has 0 radical (unpaired) electrons. The number of carbonyl (C=O) groups excluding carboxylic acids is 2. The van der Waals surface area contributed by atoms with E-state index in [2.05, 4.69) is 51.5 Å². The van der Waals surface area contributed by atoms with Crippen LogP contribution in [0.15, 0.2) is 24.3 Å². The first-order valence-corrected chi connectivity index (χ1v) is 10.3. The van der Waals surface area contributed by atoms with Gasteiger partial charge < -0.3 is 15.8 Å². The van der Waals surface area contributed by atoms with Gasteiger partial charge in [0.1, 0.15) is 0 Å². The van der Waals surface area contributed by atoms with Gasteiger partial charge in [0.25, 0.3) is 0 Å². The smallest absolute Gasteiger partial charge is 0.304 e. The van der Waals surface area contributed by atoms with Gasteiger partial charge in [-0.3, -0.25) is 18.7 Å². The quantitative estimate of drug-likeness (QED) is 0.284. The fourth-order valence-corrected chi connectivity index (χ4v) is 3.07. The molecule has 0 aromatic heterocycles. The van der Waals surface area contributed by atoms with Crippen LogP contribution in [0.25, 0.3) is 0 Å². The molecule has 7 nitrogen and oxygen atoms in total. The standard InChI is InChI=1S/C22H21N2O5P/c1-4-5-6-7-8-9-10-19-11-13-20(14-12-19)24-22(26)21(23)17(2)15-30(27)29-16-28-18(3)25/h1,11-14,17,21,30H,15-16,23H2,2-3H3,(H,24,26)/t17?,21-/m1/s1. The molecule has 3 N–H and O–H groups in total. The van der Waals surface area contributed by atoms with Crippen LogP contribution in [0.2, 0.25) is 0 Å². The number of amides is 1. The van der Waals surface area contributed by atoms with Gasteiger partial charge in [0.2, 0.25) is 5.91 Å². The van der Waals surface area contributed by atoms with E-state index in [1.807, 2.05) is 0 Å². The van der Waals surface area contributed by atoms with Crippen molar-refractivity contribution in [2.24, 2.45) is 11.7 Å². The van der Waals surface area contributed by atoms with Crippen molar-refractivity contribution < 1.29 is 23.4 Å². The van der Waals surface area contributed by atoms with E-state index in [0.29, 0.717) is 11.3 Å². The van der Waals surface area contributed by atoms with Gasteiger partial charge in [0, 0.05) is 24.3 Å². The lowest BCUT2D eigenvalue weighted by Crippen LogP contribution is -2.41. The first kappa shape index (κ1) is 24.6. The predicted octanol–water partition coefficient (Wildman–Crippen LogP) is 1.59. The second-order valence-electron chi connectivity index (χ2n) is 5.94. The molecule has 0 heterocycles. The van der Waals surface area contributed by atoms with Gasteiger partial charge >= 0.3 is 5.97 Å². The Labute approximate surface area is 176 Å². The van der Waals surface area contributed by atoms with Crippen molar-refractivity contribution >= 4 is 25.6 Å². The molecule has 0 fully saturated rings. The van der Waals surface area contributed by atoms with Gasteiger partial charge in [-0.2, -0.15) is 0 Å². The SMILES string of the molecule is C#CC#CC#CC#Cc1ccc(NC(=O)[C@H](N)C(C)C[PH](=O)OCOC(C)=O)cc1. The molecule has 1 aromatic carbocycles. The lowest BCUT2D eigenvalue weighted by Gasteiger charge is -2.19. The summed E-state index contributed by atoms with van der Waals surface area (Å²) in [4.78, 5) is 23.0. The van der Waals surface area contributed by atoms with Crippen molar-refractivity contribution in [2.45, 2.75) is 19.9 Å². The van der Waals surface area contributed by atoms with Crippen LogP contribution in [0, 0.1) is 53.8 Å². The van der Waals surface area contributed by atoms with Crippen LogP contribution < -0.4 is 11.1 Å². The zero-order chi connectivity index (χ0) is 22.4. The molecule has 0 spiro atoms. The molecule has 0 saturated carbocycles. The molecule has 30 heavy (non-hydrogen) atoms. The second-order valence-corrected chi connectivity index (χ2v) is 7.38. The highest BCUT2D eigenvalue weighted by Crippen LogP contribution is 2.26. The fourth-order valence-electron chi connectivity index (χ4n) is 1.98. The number of hydrogen-bond donors (Lipinski definition) is 2. The van der Waals surface area contributed by atoms with Crippen molar-refractivity contribution in [1.82, 2.24) is 0 Å². The molecule has 1 rings (SSSR count). The number of ether oxygens (including phenoxy) is 1. The molecule has 2 unspecified atom stereocenters. The maximum Gasteiger partial charge on any atom is 0.304 e. The highest BCUT2D eigenvalue weighted by Gasteiger charge is 2.23. The number of esters is 1. The van der Waals surface area contributed by atoms with E-state index in [9.17, 15) is 14.2 Å². The number of nitrogens with one attached hydrogen (secondary N) is 1. The molecule has 8 heteroatoms. The largest absolute Gasteiger partial charge is 0.438 e. The third-order valence-electron chi connectivity index (χ3n) is 3.57. The van der Waals surface area contributed by atoms with Crippen LogP contribution in [0.4, 0.5) is 5.69 Å². The minimum Gasteiger partial charge on any atom is -0.438 e. The van der Waals surface area contributed by atoms with E-state index in [0.717, 1.165) is 0 Å². The number of hydrogen-bond acceptors (Lipinski definition) is 6. The lowest BCUT2D eigenvalue weighted by molar-refractivity contribution is -0.147. The number of rotatable bonds is 8. The molecular weight excluding hydrogens is 403 g/mol. The van der Waals surface area contributed by atoms with E-state index in [1.54, 1.807) is 31.2 Å². The Morgan fingerprint density at radius 2 is 1.80 bits per heavy atom. The molecule has 0 saturated heterocycles. The van der Waals surface area contributed by atoms with Crippen molar-refractivity contribution in [3.05, 3.63) is 29.8 Å². The maximum atomic E-state index is 12.3. The third-order valence-corrected chi connectivity index (χ3v) is 4.99. The van der Waals surface area contributed by atoms with Crippen LogP contribution in [0.5, 0.6) is 0 Å². The Balaban J connectivity index is 2.55. The average molecular weight is 424 g/mol. The minimum absolute atomic E-state index is 0.0851. The summed E-state index contributed by atoms with van der Waals surface area (Å²) in [5.74, 6) is 16.1. The average Bonchev–Trinajstić information content (AvgIpc) is 2.70. The van der Waals surface area contributed by atoms with Gasteiger partial charge in [-0.15, -0.1) is 6.42 Å². The molecule has 1 amide bonds. The van der Waals surface area contributed by atoms with Crippen LogP contribution >= 0.6 is 8.03 Å². The topological polar surface area (TPSA) is 108 Å². The zero-order valence-corrected chi connectivity index (χ0v) is 17.6. The minimum atomic E-state index is -2.49. The molecule has 0 bridgehead atoms. The molecule has 1 aromatic rings. The third kappa shape index (κ3) is 10.2. The Morgan fingerprint density at radius 3 is 2.43 bits per heavy atom. The van der Waals surface area contributed by atoms with Crippen LogP contribution in [0.3, 0.4) is 0 Å². The summed E-state index contributed by atoms with van der Waals surface area (Å²) < 4.78 is 21.3. The van der Waals surface area contributed by atoms with Crippen molar-refractivity contribution in [2.75, 3.05) is 18.3 Å². The van der Waals surface area contributed by atoms with Crippen LogP contribution in [-0.2, 0) is 23.4 Å². The van der Waals surface area contributed by atoms with E-state index >= 15 is 0 Å². The molecular formula is C22H21N2O5P. The summed E-state index contributed by atoms with van der Waals surface area (Å²) in [5.41, 5.74) is 7.18. The predicted molar refractivity (Wildman–Crippen MR) is 115 cm³/mol. The van der Waals surface area contributed by atoms with E-state index in [-0.39, 0.29) is 13.0 Å². The maximum absolute atomic E-state index is 12.3. The van der Waals surface area contributed by atoms with Crippen molar-refractivity contribution in [3.63, 3.8) is 0 Å². The number of terminal acetylenes is 1. The van der Waals surface area contributed by atoms with Gasteiger partial charge in [0.15, 0.2) is 14.8 Å². The Bertz CT molecular complexity index is 1010. The Kier molecular flexibility index (Phi) is 11.2. The summed E-state index contributed by atoms with van der Waals surface area (Å²) in [6.07, 6.45) is 5.05. The van der Waals surface area contributed by atoms with Gasteiger partial charge in [0.05, 0.1) is 6.04 Å². The van der Waals surface area contributed by atoms with Gasteiger partial charge in [-0.05, 0) is 65.7 Å². The van der Waals surface area contributed by atoms with E-state index in [1.165, 1.54) is 6.92 Å². The Morgan fingerprint density at radius 1 is 1.17 bits per heavy atom. The molecule has 0 aliphatic carbocycles. The zero-order valence-electron chi connectivity index (χ0n) is 16.6. The fraction of sp³-hybridized carbons (Fsp3) is 0.273. The summed E-state index contributed by atoms with van der Waals surface area (Å²) in [7, 11) is -2.49. The summed E-state index contributed by atoms with van der Waals surface area (Å²) in [6, 6.07) is 5.89. The molecule has 3 atom stereocenters. The first-order chi connectivity index (χ1) is 14.3. The van der Waals surface area contributed by atoms with E-state index < -0.39 is 31.9 Å². The number of anilines is 1. The lowest BCUT2D eigenvalue weighted by atomic mass is 10.0. The summed E-state index contributed by atoms with van der Waals surface area (Å²) >= 11 is 0. The Hall–Kier alpha value is -3.45. The number of benzene rings is 1. The first-order valence-electron chi connectivity index (χ1n) is 8.75. The summed E-state index contributed by atoms with van der Waals surface area (Å²) in [5, 5.41) is 2.69. The monoisotopic (exact) mass is 424 g/mol. The highest BCUT2D eigenvalue weighted by atomic mass is 31.1. The van der Waals surface area contributed by atoms with Gasteiger partial charge in [-0.25, -0.2) is 0 Å². The normalized spacial score (nSPS) is 12.1. The van der Waals surface area contributed by atoms with Crippen molar-refractivity contribution in [3.8, 4) is 47.9 Å². The van der Waals surface area contributed by atoms with Crippen molar-refractivity contribution in [1.29, 1.82) is 0 Å². The summed E-state index contributed by atoms with van der Waals surface area (Å²) in [6.45, 7) is 2.52. The van der Waals surface area contributed by atoms with Crippen LogP contribution in [0.1, 0.15) is 19.4 Å². The number of nitrogens with two attached hydrogens (primary N) is 1. The molecule has 0 aliphatic heterocycles. The highest BCUT2D eigenvalue weighted by molar-refractivity contribution is 7.39. The second kappa shape index (κ2) is 13.7. The number of carbonyl (C=O) groups is 2. The van der Waals surface area contributed by atoms with Crippen LogP contribution in [-0.4, -0.2) is 30.9 Å².